The van der Waals surface area contributed by atoms with Crippen LogP contribution in [0.1, 0.15) is 0 Å². The molecule has 1 aromatic carbocycles. The number of hydrogen-bond acceptors (Lipinski definition) is 3. The molecule has 52 valence electrons. The summed E-state index contributed by atoms with van der Waals surface area (Å²) in [5.74, 6) is -0.171. The highest BCUT2D eigenvalue weighted by Crippen LogP contribution is 2.13. The minimum Gasteiger partial charge on any atom is -0.506 e. The van der Waals surface area contributed by atoms with E-state index in [-0.39, 0.29) is 16.9 Å². The minimum atomic E-state index is -0.255. The summed E-state index contributed by atoms with van der Waals surface area (Å²) in [5.41, 5.74) is 5.23. The van der Waals surface area contributed by atoms with Crippen molar-refractivity contribution in [2.45, 2.75) is 0 Å². The molecule has 0 heterocycles. The van der Waals surface area contributed by atoms with Crippen LogP contribution in [0.3, 0.4) is 0 Å². The molecule has 3 N–H and O–H groups in total. The summed E-state index contributed by atoms with van der Waals surface area (Å²) in [6.45, 7) is 0. The lowest BCUT2D eigenvalue weighted by molar-refractivity contribution is 0.478. The lowest BCUT2D eigenvalue weighted by atomic mass is 10.4. The molecule has 0 aliphatic heterocycles. The van der Waals surface area contributed by atoms with Gasteiger partial charge in [0.25, 0.3) is 0 Å². The fourth-order valence-corrected chi connectivity index (χ4v) is 0.598. The number of aromatic hydroxyl groups is 1. The SMILES string of the molecule is Nc1cccc(=O)cc1O. The second kappa shape index (κ2) is 2.39. The third kappa shape index (κ3) is 1.25. The van der Waals surface area contributed by atoms with Gasteiger partial charge in [0.2, 0.25) is 0 Å². The molecular weight excluding hydrogens is 130 g/mol. The van der Waals surface area contributed by atoms with Crippen molar-refractivity contribution < 1.29 is 5.11 Å². The average Bonchev–Trinajstić information content (AvgIpc) is 1.96. The highest BCUT2D eigenvalue weighted by molar-refractivity contribution is 5.49. The standard InChI is InChI=1S/C7H7NO2/c8-6-3-1-2-5(9)4-7(6)10/h1-4,10H,8H2. The number of anilines is 1. The Kier molecular flexibility index (Phi) is 1.58. The van der Waals surface area contributed by atoms with E-state index >= 15 is 0 Å². The quantitative estimate of drug-likeness (QED) is 0.541. The van der Waals surface area contributed by atoms with E-state index < -0.39 is 0 Å². The van der Waals surface area contributed by atoms with Crippen LogP contribution in [-0.2, 0) is 0 Å². The van der Waals surface area contributed by atoms with Gasteiger partial charge in [-0.1, -0.05) is 6.07 Å². The smallest absolute Gasteiger partial charge is 0.182 e. The van der Waals surface area contributed by atoms with Crippen molar-refractivity contribution in [3.05, 3.63) is 34.5 Å². The maximum absolute atomic E-state index is 10.6. The predicted molar refractivity (Wildman–Crippen MR) is 38.8 cm³/mol. The van der Waals surface area contributed by atoms with Gasteiger partial charge in [-0.25, -0.2) is 0 Å². The Hall–Kier alpha value is -1.51. The number of nitrogens with two attached hydrogens (primary N) is 1. The first-order valence-corrected chi connectivity index (χ1v) is 2.79. The van der Waals surface area contributed by atoms with Crippen LogP contribution < -0.4 is 11.2 Å². The van der Waals surface area contributed by atoms with E-state index in [2.05, 4.69) is 0 Å². The third-order valence-corrected chi connectivity index (χ3v) is 1.11. The van der Waals surface area contributed by atoms with Gasteiger partial charge >= 0.3 is 0 Å². The monoisotopic (exact) mass is 137 g/mol. The van der Waals surface area contributed by atoms with Gasteiger partial charge in [-0.15, -0.1) is 0 Å². The largest absolute Gasteiger partial charge is 0.506 e. The summed E-state index contributed by atoms with van der Waals surface area (Å²) in [7, 11) is 0. The highest BCUT2D eigenvalue weighted by atomic mass is 16.3. The van der Waals surface area contributed by atoms with Crippen LogP contribution in [0.25, 0.3) is 0 Å². The minimum absolute atomic E-state index is 0.171. The molecule has 3 nitrogen and oxygen atoms in total. The van der Waals surface area contributed by atoms with Crippen LogP contribution in [0.5, 0.6) is 5.75 Å². The zero-order valence-corrected chi connectivity index (χ0v) is 5.24. The van der Waals surface area contributed by atoms with Gasteiger partial charge in [-0.05, 0) is 12.1 Å². The van der Waals surface area contributed by atoms with Crippen LogP contribution in [0.2, 0.25) is 0 Å². The Bertz CT molecular complexity index is 296. The van der Waals surface area contributed by atoms with Gasteiger partial charge in [0.15, 0.2) is 5.43 Å². The zero-order valence-electron chi connectivity index (χ0n) is 5.24. The average molecular weight is 137 g/mol. The van der Waals surface area contributed by atoms with Crippen LogP contribution >= 0.6 is 0 Å². The van der Waals surface area contributed by atoms with Crippen molar-refractivity contribution in [2.24, 2.45) is 0 Å². The second-order valence-electron chi connectivity index (χ2n) is 1.91. The van der Waals surface area contributed by atoms with Crippen molar-refractivity contribution in [2.75, 3.05) is 5.73 Å². The maximum atomic E-state index is 10.6. The molecule has 0 amide bonds. The molecule has 0 saturated heterocycles. The summed E-state index contributed by atoms with van der Waals surface area (Å²) in [6.07, 6.45) is 0. The number of hydrogen-bond donors (Lipinski definition) is 2. The third-order valence-electron chi connectivity index (χ3n) is 1.11. The molecule has 1 rings (SSSR count). The molecule has 0 atom stereocenters. The van der Waals surface area contributed by atoms with Crippen LogP contribution in [0, 0.1) is 0 Å². The van der Waals surface area contributed by atoms with Crippen molar-refractivity contribution >= 4 is 5.69 Å². The molecule has 0 spiro atoms. The van der Waals surface area contributed by atoms with Gasteiger partial charge in [0.05, 0.1) is 5.69 Å². The Balaban J connectivity index is 3.45. The first kappa shape index (κ1) is 6.61. The normalized spacial score (nSPS) is 9.20. The number of nitrogen functional groups attached to an aromatic ring is 1. The molecule has 10 heavy (non-hydrogen) atoms. The molecule has 0 aromatic heterocycles. The molecule has 3 heteroatoms. The second-order valence-corrected chi connectivity index (χ2v) is 1.91. The Morgan fingerprint density at radius 2 is 2.10 bits per heavy atom. The molecule has 0 bridgehead atoms. The van der Waals surface area contributed by atoms with Gasteiger partial charge in [-0.3, -0.25) is 4.79 Å². The topological polar surface area (TPSA) is 63.3 Å². The molecule has 0 radical (unpaired) electrons. The van der Waals surface area contributed by atoms with E-state index in [9.17, 15) is 4.79 Å². The van der Waals surface area contributed by atoms with Crippen molar-refractivity contribution in [1.82, 2.24) is 0 Å². The first-order valence-electron chi connectivity index (χ1n) is 2.79. The maximum Gasteiger partial charge on any atom is 0.182 e. The number of rotatable bonds is 0. The summed E-state index contributed by atoms with van der Waals surface area (Å²) >= 11 is 0. The molecule has 0 aliphatic rings. The summed E-state index contributed by atoms with van der Waals surface area (Å²) in [4.78, 5) is 10.6. The van der Waals surface area contributed by atoms with E-state index in [0.29, 0.717) is 0 Å². The van der Waals surface area contributed by atoms with E-state index in [0.717, 1.165) is 6.07 Å². The Labute approximate surface area is 57.7 Å². The van der Waals surface area contributed by atoms with E-state index in [1.165, 1.54) is 18.2 Å². The fourth-order valence-electron chi connectivity index (χ4n) is 0.598. The Morgan fingerprint density at radius 1 is 1.40 bits per heavy atom. The van der Waals surface area contributed by atoms with Crippen LogP contribution in [0.15, 0.2) is 29.1 Å². The Morgan fingerprint density at radius 3 is 2.80 bits per heavy atom. The summed E-state index contributed by atoms with van der Waals surface area (Å²) < 4.78 is 0. The molecule has 0 aliphatic carbocycles. The zero-order chi connectivity index (χ0) is 7.56. The predicted octanol–water partition coefficient (Wildman–Crippen LogP) is 0.335. The fraction of sp³-hybridized carbons (Fsp3) is 0. The summed E-state index contributed by atoms with van der Waals surface area (Å²) in [6, 6.07) is 5.37. The molecule has 1 aromatic rings. The van der Waals surface area contributed by atoms with Crippen molar-refractivity contribution in [3.8, 4) is 5.75 Å². The molecule has 0 saturated carbocycles. The molecule has 0 fully saturated rings. The van der Waals surface area contributed by atoms with Gasteiger partial charge < -0.3 is 10.8 Å². The van der Waals surface area contributed by atoms with Gasteiger partial charge in [0.1, 0.15) is 5.75 Å². The van der Waals surface area contributed by atoms with E-state index in [4.69, 9.17) is 10.8 Å². The summed E-state index contributed by atoms with van der Waals surface area (Å²) in [5, 5.41) is 8.94. The lowest BCUT2D eigenvalue weighted by Gasteiger charge is -1.86. The highest BCUT2D eigenvalue weighted by Gasteiger charge is 1.90. The molecule has 0 unspecified atom stereocenters. The van der Waals surface area contributed by atoms with E-state index in [1.54, 1.807) is 0 Å². The van der Waals surface area contributed by atoms with Crippen LogP contribution in [0.4, 0.5) is 5.69 Å². The van der Waals surface area contributed by atoms with Gasteiger partial charge in [-0.2, -0.15) is 0 Å². The van der Waals surface area contributed by atoms with Crippen molar-refractivity contribution in [1.29, 1.82) is 0 Å². The van der Waals surface area contributed by atoms with Crippen LogP contribution in [-0.4, -0.2) is 5.11 Å². The lowest BCUT2D eigenvalue weighted by Crippen LogP contribution is -1.89. The molecular formula is C7H7NO2. The van der Waals surface area contributed by atoms with E-state index in [1.807, 2.05) is 0 Å². The first-order chi connectivity index (χ1) is 4.70. The van der Waals surface area contributed by atoms with Gasteiger partial charge in [0, 0.05) is 6.07 Å². The van der Waals surface area contributed by atoms with Crippen molar-refractivity contribution in [3.63, 3.8) is 0 Å².